The molecule has 186 valence electrons. The lowest BCUT2D eigenvalue weighted by Gasteiger charge is -2.19. The van der Waals surface area contributed by atoms with Crippen molar-refractivity contribution in [1.82, 2.24) is 0 Å². The third kappa shape index (κ3) is 5.95. The Kier molecular flexibility index (Phi) is 6.92. The number of rotatable bonds is 4. The number of hydrogen-bond acceptors (Lipinski definition) is 2. The number of halogens is 9. The molecule has 0 saturated heterocycles. The fraction of sp³-hybridized carbons (Fsp3) is 0.208. The molecule has 0 amide bonds. The molecule has 0 aliphatic rings. The summed E-state index contributed by atoms with van der Waals surface area (Å²) < 4.78 is 124. The number of alkyl halides is 9. The highest BCUT2D eigenvalue weighted by Gasteiger charge is 2.39. The van der Waals surface area contributed by atoms with Gasteiger partial charge in [-0.2, -0.15) is 39.5 Å². The molecule has 0 fully saturated rings. The molecule has 0 atom stereocenters. The van der Waals surface area contributed by atoms with Gasteiger partial charge in [0.2, 0.25) is 0 Å². The Morgan fingerprint density at radius 2 is 1.20 bits per heavy atom. The molecule has 0 N–H and O–H groups in total. The largest absolute Gasteiger partial charge is 0.469 e. The summed E-state index contributed by atoms with van der Waals surface area (Å²) in [6.45, 7) is 0. The predicted octanol–water partition coefficient (Wildman–Crippen LogP) is 7.79. The van der Waals surface area contributed by atoms with Crippen LogP contribution in [0.5, 0.6) is 0 Å². The molecule has 0 spiro atoms. The van der Waals surface area contributed by atoms with Gasteiger partial charge in [-0.25, -0.2) is 0 Å². The summed E-state index contributed by atoms with van der Waals surface area (Å²) in [6.07, 6.45) is -15.2. The van der Waals surface area contributed by atoms with Crippen molar-refractivity contribution in [1.29, 1.82) is 0 Å². The molecule has 0 radical (unpaired) electrons. The Labute approximate surface area is 193 Å². The number of benzene rings is 3. The second-order valence-electron chi connectivity index (χ2n) is 7.46. The molecule has 0 aromatic heterocycles. The number of hydrogen-bond donors (Lipinski definition) is 0. The van der Waals surface area contributed by atoms with Gasteiger partial charge in [0.05, 0.1) is 30.2 Å². The van der Waals surface area contributed by atoms with Crippen molar-refractivity contribution in [2.24, 2.45) is 0 Å². The first-order valence-electron chi connectivity index (χ1n) is 9.77. The number of carbonyl (C=O) groups excluding carboxylic acids is 1. The molecule has 0 aliphatic heterocycles. The van der Waals surface area contributed by atoms with Gasteiger partial charge in [-0.1, -0.05) is 30.3 Å². The maximum absolute atomic E-state index is 13.8. The van der Waals surface area contributed by atoms with Crippen LogP contribution >= 0.6 is 0 Å². The van der Waals surface area contributed by atoms with E-state index in [4.69, 9.17) is 0 Å². The normalized spacial score (nSPS) is 12.5. The van der Waals surface area contributed by atoms with Gasteiger partial charge in [-0.05, 0) is 58.1 Å². The van der Waals surface area contributed by atoms with Crippen LogP contribution < -0.4 is 0 Å². The van der Waals surface area contributed by atoms with Crippen LogP contribution in [0.1, 0.15) is 22.3 Å². The Balaban J connectivity index is 2.28. The second-order valence-corrected chi connectivity index (χ2v) is 7.46. The van der Waals surface area contributed by atoms with Crippen LogP contribution in [0.25, 0.3) is 22.3 Å². The van der Waals surface area contributed by atoms with E-state index >= 15 is 0 Å². The molecular weight excluding hydrogens is 491 g/mol. The van der Waals surface area contributed by atoms with E-state index in [1.165, 1.54) is 18.2 Å². The summed E-state index contributed by atoms with van der Waals surface area (Å²) in [5.74, 6) is -0.721. The van der Waals surface area contributed by atoms with E-state index in [0.29, 0.717) is 12.1 Å². The highest BCUT2D eigenvalue weighted by atomic mass is 19.4. The summed E-state index contributed by atoms with van der Waals surface area (Å²) in [5, 5.41) is 0. The molecule has 3 aromatic rings. The minimum Gasteiger partial charge on any atom is -0.469 e. The van der Waals surface area contributed by atoms with Crippen LogP contribution in [0.4, 0.5) is 39.5 Å². The summed E-state index contributed by atoms with van der Waals surface area (Å²) in [5.41, 5.74) is -4.64. The van der Waals surface area contributed by atoms with Crippen molar-refractivity contribution in [2.75, 3.05) is 7.11 Å². The minimum absolute atomic E-state index is 0.0256. The predicted molar refractivity (Wildman–Crippen MR) is 108 cm³/mol. The van der Waals surface area contributed by atoms with Crippen LogP contribution in [0.3, 0.4) is 0 Å². The minimum atomic E-state index is -5.19. The summed E-state index contributed by atoms with van der Waals surface area (Å²) in [7, 11) is 1.09. The zero-order valence-electron chi connectivity index (χ0n) is 17.7. The fourth-order valence-electron chi connectivity index (χ4n) is 3.44. The molecule has 3 aromatic carbocycles. The Morgan fingerprint density at radius 3 is 1.71 bits per heavy atom. The molecule has 0 unspecified atom stereocenters. The summed E-state index contributed by atoms with van der Waals surface area (Å²) >= 11 is 0. The van der Waals surface area contributed by atoms with Crippen molar-refractivity contribution >= 4 is 5.97 Å². The van der Waals surface area contributed by atoms with Gasteiger partial charge >= 0.3 is 24.5 Å². The maximum Gasteiger partial charge on any atom is 0.417 e. The van der Waals surface area contributed by atoms with E-state index in [9.17, 15) is 44.3 Å². The molecule has 0 heterocycles. The average molecular weight is 506 g/mol. The van der Waals surface area contributed by atoms with E-state index in [0.717, 1.165) is 31.4 Å². The first-order chi connectivity index (χ1) is 16.1. The van der Waals surface area contributed by atoms with E-state index in [1.807, 2.05) is 0 Å². The molecule has 0 aliphatic carbocycles. The molecule has 0 bridgehead atoms. The van der Waals surface area contributed by atoms with E-state index in [2.05, 4.69) is 4.74 Å². The zero-order valence-corrected chi connectivity index (χ0v) is 17.7. The highest BCUT2D eigenvalue weighted by molar-refractivity contribution is 5.86. The molecular formula is C24H15F9O2. The van der Waals surface area contributed by atoms with Crippen molar-refractivity contribution in [3.63, 3.8) is 0 Å². The summed E-state index contributed by atoms with van der Waals surface area (Å²) in [6, 6.07) is 8.47. The van der Waals surface area contributed by atoms with Gasteiger partial charge in [0.25, 0.3) is 0 Å². The SMILES string of the molecule is COC(=O)Cc1ccc(-c2ccc(C(F)(F)F)cc2)c(-c2ccc(C(F)(F)F)cc2C(F)(F)F)c1. The Bertz CT molecular complexity index is 1220. The van der Waals surface area contributed by atoms with Gasteiger partial charge in [-0.3, -0.25) is 4.79 Å². The van der Waals surface area contributed by atoms with Gasteiger partial charge in [0, 0.05) is 0 Å². The number of esters is 1. The molecule has 3 rings (SSSR count). The van der Waals surface area contributed by atoms with Gasteiger partial charge < -0.3 is 4.74 Å². The van der Waals surface area contributed by atoms with E-state index in [-0.39, 0.29) is 34.7 Å². The Hall–Kier alpha value is -3.50. The van der Waals surface area contributed by atoms with Crippen LogP contribution in [-0.4, -0.2) is 13.1 Å². The van der Waals surface area contributed by atoms with Crippen LogP contribution in [0.2, 0.25) is 0 Å². The second kappa shape index (κ2) is 9.27. The maximum atomic E-state index is 13.8. The number of methoxy groups -OCH3 is 1. The van der Waals surface area contributed by atoms with Gasteiger partial charge in [0.1, 0.15) is 0 Å². The lowest BCUT2D eigenvalue weighted by Crippen LogP contribution is -2.12. The summed E-state index contributed by atoms with van der Waals surface area (Å²) in [4.78, 5) is 11.7. The lowest BCUT2D eigenvalue weighted by molar-refractivity contribution is -0.143. The van der Waals surface area contributed by atoms with E-state index < -0.39 is 46.8 Å². The van der Waals surface area contributed by atoms with Crippen LogP contribution in [0, 0.1) is 0 Å². The van der Waals surface area contributed by atoms with Gasteiger partial charge in [-0.15, -0.1) is 0 Å². The van der Waals surface area contributed by atoms with Crippen molar-refractivity contribution in [3.05, 3.63) is 82.9 Å². The molecule has 35 heavy (non-hydrogen) atoms. The van der Waals surface area contributed by atoms with Crippen LogP contribution in [-0.2, 0) is 34.5 Å². The molecule has 2 nitrogen and oxygen atoms in total. The lowest BCUT2D eigenvalue weighted by atomic mass is 9.88. The monoisotopic (exact) mass is 506 g/mol. The zero-order chi connectivity index (χ0) is 26.2. The number of carbonyl (C=O) groups is 1. The standard InChI is InChI=1S/C24H15F9O2/c1-35-21(34)11-13-2-8-17(14-3-5-15(6-4-14)22(25,26)27)19(10-13)18-9-7-16(23(28,29)30)12-20(18)24(31,32)33/h2-10,12H,11H2,1H3. The van der Waals surface area contributed by atoms with Gasteiger partial charge in [0.15, 0.2) is 0 Å². The first-order valence-corrected chi connectivity index (χ1v) is 9.77. The smallest absolute Gasteiger partial charge is 0.417 e. The molecule has 11 heteroatoms. The fourth-order valence-corrected chi connectivity index (χ4v) is 3.44. The Morgan fingerprint density at radius 1 is 0.657 bits per heavy atom. The van der Waals surface area contributed by atoms with Crippen molar-refractivity contribution < 1.29 is 49.0 Å². The average Bonchev–Trinajstić information content (AvgIpc) is 2.77. The quantitative estimate of drug-likeness (QED) is 0.267. The van der Waals surface area contributed by atoms with Crippen molar-refractivity contribution in [3.8, 4) is 22.3 Å². The molecule has 0 saturated carbocycles. The third-order valence-corrected chi connectivity index (χ3v) is 5.13. The highest BCUT2D eigenvalue weighted by Crippen LogP contribution is 2.44. The van der Waals surface area contributed by atoms with Crippen LogP contribution in [0.15, 0.2) is 60.7 Å². The van der Waals surface area contributed by atoms with E-state index in [1.54, 1.807) is 0 Å². The number of ether oxygens (including phenoxy) is 1. The third-order valence-electron chi connectivity index (χ3n) is 5.13. The van der Waals surface area contributed by atoms with Crippen molar-refractivity contribution in [2.45, 2.75) is 24.9 Å². The first kappa shape index (κ1) is 26.1. The topological polar surface area (TPSA) is 26.3 Å².